The maximum absolute atomic E-state index is 11.2. The van der Waals surface area contributed by atoms with Gasteiger partial charge in [0.1, 0.15) is 0 Å². The van der Waals surface area contributed by atoms with E-state index in [0.29, 0.717) is 0 Å². The van der Waals surface area contributed by atoms with Gasteiger partial charge in [-0.05, 0) is 15.9 Å². The van der Waals surface area contributed by atoms with Crippen LogP contribution in [0.2, 0.25) is 0 Å². The van der Waals surface area contributed by atoms with Gasteiger partial charge in [0.2, 0.25) is 4.83 Å². The van der Waals surface area contributed by atoms with Gasteiger partial charge in [-0.15, -0.1) is 0 Å². The van der Waals surface area contributed by atoms with E-state index in [1.165, 1.54) is 16.3 Å². The fourth-order valence-electron chi connectivity index (χ4n) is 0. The van der Waals surface area contributed by atoms with Crippen LogP contribution < -0.4 is 0 Å². The molecule has 0 aliphatic carbocycles. The molecule has 0 N–H and O–H groups in total. The van der Waals surface area contributed by atoms with E-state index in [4.69, 9.17) is 0 Å². The molecule has 0 radical (unpaired) electrons. The van der Waals surface area contributed by atoms with E-state index in [0.717, 1.165) is 0 Å². The van der Waals surface area contributed by atoms with Gasteiger partial charge in [-0.25, -0.2) is 8.78 Å². The Morgan fingerprint density at radius 2 is 1.56 bits per heavy atom. The summed E-state index contributed by atoms with van der Waals surface area (Å²) in [4.78, 5) is -3.67. The molecule has 0 bridgehead atoms. The van der Waals surface area contributed by atoms with Gasteiger partial charge in [0.15, 0.2) is 0 Å². The molecule has 52 valence electrons. The number of alkyl halides is 3. The first kappa shape index (κ1) is 13.3. The summed E-state index contributed by atoms with van der Waals surface area (Å²) >= 11 is 10.1. The van der Waals surface area contributed by atoms with Crippen molar-refractivity contribution < 1.29 is 29.5 Å². The van der Waals surface area contributed by atoms with E-state index < -0.39 is 10.5 Å². The van der Waals surface area contributed by atoms with E-state index in [-0.39, 0.29) is 0 Å². The summed E-state index contributed by atoms with van der Waals surface area (Å²) in [5.74, 6) is 0. The molecule has 9 heavy (non-hydrogen) atoms. The second-order valence-corrected chi connectivity index (χ2v) is 2.09. The standard InChI is InChI=1S/C2BrClF3.BrH.Zn/c3-2(6,7)1(4)5;;/h;1H;/q-1;;+2/p-1. The first-order valence-corrected chi connectivity index (χ1v) is 9.58. The Morgan fingerprint density at radius 1 is 1.44 bits per heavy atom. The van der Waals surface area contributed by atoms with Gasteiger partial charge in [-0.3, -0.25) is 0 Å². The normalized spacial score (nSPS) is 10.8. The molecule has 0 aliphatic rings. The SMILES string of the molecule is F[C-](Cl)C(F)(F)Br.[Zn+][Br]. The molecule has 0 atom stereocenters. The van der Waals surface area contributed by atoms with Crippen LogP contribution >= 0.6 is 41.2 Å². The molecule has 0 saturated carbocycles. The van der Waals surface area contributed by atoms with Crippen molar-refractivity contribution in [2.45, 2.75) is 4.83 Å². The Bertz CT molecular complexity index is 65.3. The molecular formula is C2Br2ClF3Zn. The zero-order valence-electron chi connectivity index (χ0n) is 3.97. The summed E-state index contributed by atoms with van der Waals surface area (Å²) in [5.41, 5.74) is -1.95. The van der Waals surface area contributed by atoms with E-state index in [1.807, 2.05) is 0 Å². The van der Waals surface area contributed by atoms with E-state index in [2.05, 4.69) is 25.2 Å². The predicted octanol–water partition coefficient (Wildman–Crippen LogP) is 3.51. The monoisotopic (exact) mass is 338 g/mol. The van der Waals surface area contributed by atoms with Gasteiger partial charge in [0, 0.05) is 5.63 Å². The minimum absolute atomic E-state index is 1.19. The van der Waals surface area contributed by atoms with Crippen LogP contribution in [0.5, 0.6) is 0 Å². The van der Waals surface area contributed by atoms with Crippen molar-refractivity contribution in [3.8, 4) is 0 Å². The van der Waals surface area contributed by atoms with Crippen LogP contribution in [0.3, 0.4) is 0 Å². The molecule has 0 heterocycles. The molecule has 0 nitrogen and oxygen atoms in total. The Labute approximate surface area is 80.7 Å². The van der Waals surface area contributed by atoms with Crippen molar-refractivity contribution >= 4 is 41.2 Å². The first-order valence-electron chi connectivity index (χ1n) is 1.46. The van der Waals surface area contributed by atoms with Gasteiger partial charge in [0.25, 0.3) is 0 Å². The summed E-state index contributed by atoms with van der Waals surface area (Å²) in [6.45, 7) is 0. The summed E-state index contributed by atoms with van der Waals surface area (Å²) in [6, 6.07) is 0. The van der Waals surface area contributed by atoms with Crippen molar-refractivity contribution in [1.82, 2.24) is 0 Å². The van der Waals surface area contributed by atoms with Crippen LogP contribution in [-0.2, 0) is 16.3 Å². The van der Waals surface area contributed by atoms with Crippen LogP contribution in [0.25, 0.3) is 0 Å². The van der Waals surface area contributed by atoms with Crippen LogP contribution in [0.15, 0.2) is 0 Å². The van der Waals surface area contributed by atoms with Crippen molar-refractivity contribution in [2.24, 2.45) is 0 Å². The van der Waals surface area contributed by atoms with Gasteiger partial charge in [0.05, 0.1) is 0 Å². The molecule has 0 saturated heterocycles. The average Bonchev–Trinajstić information content (AvgIpc) is 1.69. The molecule has 0 spiro atoms. The van der Waals surface area contributed by atoms with Crippen molar-refractivity contribution in [2.75, 3.05) is 0 Å². The molecule has 0 amide bonds. The average molecular weight is 342 g/mol. The van der Waals surface area contributed by atoms with Gasteiger partial charge in [-0.2, -0.15) is 0 Å². The minimum atomic E-state index is -3.67. The second-order valence-electron chi connectivity index (χ2n) is 0.758. The molecule has 0 aliphatic heterocycles. The Kier molecular flexibility index (Phi) is 9.40. The summed E-state index contributed by atoms with van der Waals surface area (Å²) in [5, 5.41) is 0. The third kappa shape index (κ3) is 9.66. The summed E-state index contributed by atoms with van der Waals surface area (Å²) in [7, 11) is 0. The molecule has 0 aromatic rings. The van der Waals surface area contributed by atoms with E-state index in [9.17, 15) is 13.2 Å². The Morgan fingerprint density at radius 3 is 1.56 bits per heavy atom. The summed E-state index contributed by atoms with van der Waals surface area (Å²) in [6.07, 6.45) is 0. The maximum atomic E-state index is 11.2. The second kappa shape index (κ2) is 6.38. The molecule has 7 heteroatoms. The van der Waals surface area contributed by atoms with E-state index in [1.54, 1.807) is 15.9 Å². The third-order valence-electron chi connectivity index (χ3n) is 0.214. The molecule has 0 fully saturated rings. The van der Waals surface area contributed by atoms with Crippen molar-refractivity contribution in [1.29, 1.82) is 0 Å². The third-order valence-corrected chi connectivity index (χ3v) is 1.03. The zero-order valence-corrected chi connectivity index (χ0v) is 10.9. The number of halogens is 6. The number of hydrogen-bond donors (Lipinski definition) is 0. The van der Waals surface area contributed by atoms with Crippen LogP contribution in [0.4, 0.5) is 13.2 Å². The molecule has 0 rings (SSSR count). The van der Waals surface area contributed by atoms with Gasteiger partial charge in [-0.1, -0.05) is 0 Å². The predicted molar refractivity (Wildman–Crippen MR) is 33.0 cm³/mol. The van der Waals surface area contributed by atoms with Crippen molar-refractivity contribution in [3.63, 3.8) is 0 Å². The molecule has 0 unspecified atom stereocenters. The molecule has 0 aromatic heterocycles. The van der Waals surface area contributed by atoms with Gasteiger partial charge >= 0.3 is 30.0 Å². The van der Waals surface area contributed by atoms with Gasteiger partial charge < -0.3 is 16.0 Å². The molecular weight excluding hydrogens is 342 g/mol. The molecule has 0 aromatic carbocycles. The van der Waals surface area contributed by atoms with Crippen LogP contribution in [0, 0.1) is 5.63 Å². The zero-order chi connectivity index (χ0) is 8.08. The number of hydrogen-bond acceptors (Lipinski definition) is 0. The van der Waals surface area contributed by atoms with Crippen molar-refractivity contribution in [3.05, 3.63) is 5.63 Å². The van der Waals surface area contributed by atoms with Crippen LogP contribution in [0.1, 0.15) is 0 Å². The number of rotatable bonds is 1. The Hall–Kier alpha value is 1.66. The fourth-order valence-corrected chi connectivity index (χ4v) is 0. The quantitative estimate of drug-likeness (QED) is 0.389. The fraction of sp³-hybridized carbons (Fsp3) is 0.500. The first-order chi connectivity index (χ1) is 3.94. The Balaban J connectivity index is 0. The summed E-state index contributed by atoms with van der Waals surface area (Å²) < 4.78 is 33.5. The van der Waals surface area contributed by atoms with E-state index >= 15 is 0 Å². The van der Waals surface area contributed by atoms with Crippen LogP contribution in [-0.4, -0.2) is 4.83 Å². The topological polar surface area (TPSA) is 0 Å².